The SMILES string of the molecule is O=S(=O)(O)C1=C2N=C(C=C3C=CC(=N3)C=C3C=CC(=N3)C=C3N=C1C(S(=O)(=O)O)=C3S(=O)(=O)O)C(c1ccccc1)=C2S(=O)(=O)O. The number of hydrogen-bond donors (Lipinski definition) is 4. The van der Waals surface area contributed by atoms with Crippen LogP contribution < -0.4 is 0 Å². The molecule has 5 aliphatic heterocycles. The van der Waals surface area contributed by atoms with Gasteiger partial charge in [-0.15, -0.1) is 0 Å². The van der Waals surface area contributed by atoms with Crippen LogP contribution in [-0.4, -0.2) is 74.7 Å². The second kappa shape index (κ2) is 10.5. The number of allylic oxidation sites excluding steroid dienone is 10. The van der Waals surface area contributed by atoms with Crippen LogP contribution in [0.2, 0.25) is 0 Å². The van der Waals surface area contributed by atoms with Crippen LogP contribution in [0.5, 0.6) is 0 Å². The molecule has 16 nitrogen and oxygen atoms in total. The molecule has 20 heteroatoms. The minimum Gasteiger partial charge on any atom is -0.282 e. The molecule has 8 bridgehead atoms. The topological polar surface area (TPSA) is 267 Å². The Morgan fingerprint density at radius 2 is 1.02 bits per heavy atom. The predicted molar refractivity (Wildman–Crippen MR) is 166 cm³/mol. The summed E-state index contributed by atoms with van der Waals surface area (Å²) in [4.78, 5) is 9.90. The second-order valence-corrected chi connectivity index (χ2v) is 15.1. The number of nitrogens with zero attached hydrogens (tertiary/aromatic N) is 4. The molecule has 0 aliphatic carbocycles. The van der Waals surface area contributed by atoms with E-state index in [1.807, 2.05) is 0 Å². The zero-order valence-electron chi connectivity index (χ0n) is 22.4. The van der Waals surface area contributed by atoms with E-state index in [-0.39, 0.29) is 28.4 Å². The van der Waals surface area contributed by atoms with Crippen molar-refractivity contribution in [2.75, 3.05) is 0 Å². The van der Waals surface area contributed by atoms with E-state index < -0.39 is 82.8 Å². The molecule has 1 aromatic rings. The largest absolute Gasteiger partial charge is 0.298 e. The van der Waals surface area contributed by atoms with Gasteiger partial charge in [-0.1, -0.05) is 30.3 Å². The molecule has 1 aromatic carbocycles. The average Bonchev–Trinajstić information content (AvgIpc) is 3.69. The highest BCUT2D eigenvalue weighted by Gasteiger charge is 2.47. The highest BCUT2D eigenvalue weighted by atomic mass is 32.2. The van der Waals surface area contributed by atoms with E-state index in [0.29, 0.717) is 5.71 Å². The lowest BCUT2D eigenvalue weighted by Crippen LogP contribution is -2.22. The van der Waals surface area contributed by atoms with Crippen LogP contribution in [0.4, 0.5) is 0 Å². The zero-order chi connectivity index (χ0) is 33.4. The summed E-state index contributed by atoms with van der Waals surface area (Å²) in [6.45, 7) is 0. The fraction of sp³-hybridized carbons (Fsp3) is 0. The third-order valence-electron chi connectivity index (χ3n) is 6.57. The van der Waals surface area contributed by atoms with E-state index in [2.05, 4.69) is 20.0 Å². The summed E-state index contributed by atoms with van der Waals surface area (Å²) in [5, 5.41) is 0. The number of fused-ring (bicyclic) bond motifs is 4. The van der Waals surface area contributed by atoms with Crippen molar-refractivity contribution in [1.29, 1.82) is 0 Å². The Kier molecular flexibility index (Phi) is 7.18. The number of aliphatic imine (C=N–C) groups is 4. The standard InChI is InChI=1S/C26H16N4O12S4/c31-43(32,33)23-19-12-17-9-7-15(28-17)10-14-6-8-16(27-14)11-18-20(13-4-2-1-3-5-13)24(44(34,35)36)21(29-18)25(45(37,38)39)22(30-19)26(23)46(40,41)42/h1-12H,(H,31,32,33)(H,34,35,36)(H,37,38,39)(H,40,41,42). The van der Waals surface area contributed by atoms with Gasteiger partial charge in [0.15, 0.2) is 0 Å². The van der Waals surface area contributed by atoms with Gasteiger partial charge in [-0.25, -0.2) is 20.0 Å². The molecule has 0 unspecified atom stereocenters. The van der Waals surface area contributed by atoms with Gasteiger partial charge in [-0.05, 0) is 48.1 Å². The van der Waals surface area contributed by atoms with Gasteiger partial charge in [-0.3, -0.25) is 18.2 Å². The molecular formula is C26H16N4O12S4. The van der Waals surface area contributed by atoms with E-state index in [0.717, 1.165) is 6.08 Å². The maximum absolute atomic E-state index is 13.0. The first-order valence-electron chi connectivity index (χ1n) is 12.4. The Hall–Kier alpha value is -4.54. The predicted octanol–water partition coefficient (Wildman–Crippen LogP) is 1.97. The van der Waals surface area contributed by atoms with Gasteiger partial charge in [0, 0.05) is 5.57 Å². The van der Waals surface area contributed by atoms with Gasteiger partial charge in [0.1, 0.15) is 31.0 Å². The number of benzene rings is 1. The maximum atomic E-state index is 13.0. The van der Waals surface area contributed by atoms with E-state index in [9.17, 15) is 51.9 Å². The first-order chi connectivity index (χ1) is 21.3. The molecule has 0 radical (unpaired) electrons. The van der Waals surface area contributed by atoms with Crippen LogP contribution >= 0.6 is 0 Å². The molecule has 0 amide bonds. The highest BCUT2D eigenvalue weighted by Crippen LogP contribution is 2.43. The lowest BCUT2D eigenvalue weighted by molar-refractivity contribution is 0.485. The van der Waals surface area contributed by atoms with Crippen molar-refractivity contribution in [3.05, 3.63) is 121 Å². The van der Waals surface area contributed by atoms with E-state index in [1.54, 1.807) is 12.1 Å². The van der Waals surface area contributed by atoms with Gasteiger partial charge >= 0.3 is 0 Å². The zero-order valence-corrected chi connectivity index (χ0v) is 25.7. The van der Waals surface area contributed by atoms with E-state index >= 15 is 0 Å². The van der Waals surface area contributed by atoms with Crippen LogP contribution in [0.15, 0.2) is 135 Å². The molecule has 4 N–H and O–H groups in total. The Balaban J connectivity index is 1.87. The van der Waals surface area contributed by atoms with Gasteiger partial charge in [0.2, 0.25) is 0 Å². The van der Waals surface area contributed by atoms with E-state index in [4.69, 9.17) is 0 Å². The van der Waals surface area contributed by atoms with Crippen LogP contribution in [0.3, 0.4) is 0 Å². The second-order valence-electron chi connectivity index (χ2n) is 9.67. The van der Waals surface area contributed by atoms with Gasteiger partial charge in [0.25, 0.3) is 40.5 Å². The summed E-state index contributed by atoms with van der Waals surface area (Å²) in [6.07, 6.45) is 9.31. The molecule has 0 spiro atoms. The molecule has 46 heavy (non-hydrogen) atoms. The molecule has 5 aliphatic rings. The Morgan fingerprint density at radius 1 is 0.500 bits per heavy atom. The lowest BCUT2D eigenvalue weighted by Gasteiger charge is -2.12. The summed E-state index contributed by atoms with van der Waals surface area (Å²) in [5.74, 6) is 0. The molecule has 0 saturated heterocycles. The molecule has 6 rings (SSSR count). The first-order valence-corrected chi connectivity index (χ1v) is 18.1. The van der Waals surface area contributed by atoms with Crippen LogP contribution in [0.25, 0.3) is 5.57 Å². The van der Waals surface area contributed by atoms with Gasteiger partial charge in [-0.2, -0.15) is 33.7 Å². The maximum Gasteiger partial charge on any atom is 0.298 e. The van der Waals surface area contributed by atoms with E-state index in [1.165, 1.54) is 54.6 Å². The minimum absolute atomic E-state index is 0.0392. The molecule has 0 saturated carbocycles. The minimum atomic E-state index is -5.89. The van der Waals surface area contributed by atoms with Crippen molar-refractivity contribution in [2.45, 2.75) is 0 Å². The van der Waals surface area contributed by atoms with Crippen LogP contribution in [0.1, 0.15) is 5.56 Å². The fourth-order valence-electron chi connectivity index (χ4n) is 4.94. The Morgan fingerprint density at radius 3 is 1.57 bits per heavy atom. The first kappa shape index (κ1) is 31.4. The van der Waals surface area contributed by atoms with Crippen molar-refractivity contribution >= 4 is 68.9 Å². The molecule has 5 heterocycles. The average molecular weight is 705 g/mol. The van der Waals surface area contributed by atoms with Crippen molar-refractivity contribution in [3.63, 3.8) is 0 Å². The van der Waals surface area contributed by atoms with Crippen molar-refractivity contribution in [1.82, 2.24) is 0 Å². The molecular weight excluding hydrogens is 689 g/mol. The molecule has 0 aromatic heterocycles. The quantitative estimate of drug-likeness (QED) is 0.321. The lowest BCUT2D eigenvalue weighted by atomic mass is 10.0. The fourth-order valence-corrected chi connectivity index (χ4v) is 8.79. The van der Waals surface area contributed by atoms with Crippen molar-refractivity contribution in [3.8, 4) is 0 Å². The summed E-state index contributed by atoms with van der Waals surface area (Å²) in [5.41, 5.74) is -3.93. The van der Waals surface area contributed by atoms with Crippen LogP contribution in [0, 0.1) is 0 Å². The summed E-state index contributed by atoms with van der Waals surface area (Å²) in [7, 11) is -23.0. The monoisotopic (exact) mass is 704 g/mol. The van der Waals surface area contributed by atoms with Crippen molar-refractivity contribution in [2.24, 2.45) is 20.0 Å². The highest BCUT2D eigenvalue weighted by molar-refractivity contribution is 7.95. The van der Waals surface area contributed by atoms with Gasteiger partial charge < -0.3 is 0 Å². The smallest absolute Gasteiger partial charge is 0.282 e. The Labute approximate surface area is 260 Å². The summed E-state index contributed by atoms with van der Waals surface area (Å²) in [6, 6.07) is 7.22. The number of rotatable bonds is 5. The molecule has 0 atom stereocenters. The Bertz CT molecular complexity index is 2520. The molecule has 0 fully saturated rings. The van der Waals surface area contributed by atoms with Crippen LogP contribution in [-0.2, 0) is 40.5 Å². The number of hydrogen-bond acceptors (Lipinski definition) is 12. The summed E-state index contributed by atoms with van der Waals surface area (Å²) >= 11 is 0. The molecule has 236 valence electrons. The normalized spacial score (nSPS) is 20.0. The van der Waals surface area contributed by atoms with Gasteiger partial charge in [0.05, 0.1) is 34.2 Å². The third kappa shape index (κ3) is 5.67. The van der Waals surface area contributed by atoms with Crippen molar-refractivity contribution < 1.29 is 51.9 Å². The third-order valence-corrected chi connectivity index (χ3v) is 10.4. The summed E-state index contributed by atoms with van der Waals surface area (Å²) < 4.78 is 143.